The summed E-state index contributed by atoms with van der Waals surface area (Å²) < 4.78 is 0. The molecule has 0 bridgehead atoms. The van der Waals surface area contributed by atoms with Gasteiger partial charge in [-0.3, -0.25) is 19.2 Å². The number of nitrogens with one attached hydrogen (secondary N) is 3. The van der Waals surface area contributed by atoms with Crippen molar-refractivity contribution < 1.29 is 44.4 Å². The number of carboxylic acids is 2. The molecular weight excluding hydrogens is 424 g/mol. The van der Waals surface area contributed by atoms with E-state index in [2.05, 4.69) is 16.0 Å². The lowest BCUT2D eigenvalue weighted by Crippen LogP contribution is -2.58. The fraction of sp³-hybridized carbons (Fsp3) is 0.688. The van der Waals surface area contributed by atoms with Gasteiger partial charge in [-0.2, -0.15) is 11.8 Å². The Morgan fingerprint density at radius 1 is 0.833 bits per heavy atom. The van der Waals surface area contributed by atoms with Crippen molar-refractivity contribution in [2.45, 2.75) is 43.4 Å². The van der Waals surface area contributed by atoms with E-state index in [1.807, 2.05) is 0 Å². The average Bonchev–Trinajstić information content (AvgIpc) is 2.70. The van der Waals surface area contributed by atoms with Crippen molar-refractivity contribution in [3.8, 4) is 0 Å². The predicted octanol–water partition coefficient (Wildman–Crippen LogP) is -3.54. The number of aliphatic hydroxyl groups excluding tert-OH is 2. The molecule has 3 amide bonds. The second-order valence-electron chi connectivity index (χ2n) is 6.21. The molecule has 9 N–H and O–H groups in total. The van der Waals surface area contributed by atoms with Crippen molar-refractivity contribution >= 4 is 41.4 Å². The third kappa shape index (κ3) is 10.4. The van der Waals surface area contributed by atoms with Gasteiger partial charge in [0.2, 0.25) is 17.7 Å². The lowest BCUT2D eigenvalue weighted by Gasteiger charge is -2.23. The molecule has 30 heavy (non-hydrogen) atoms. The van der Waals surface area contributed by atoms with Crippen LogP contribution in [-0.4, -0.2) is 99.5 Å². The number of nitrogens with two attached hydrogens (primary N) is 1. The van der Waals surface area contributed by atoms with Crippen molar-refractivity contribution in [3.05, 3.63) is 0 Å². The molecule has 14 heteroatoms. The minimum Gasteiger partial charge on any atom is -0.481 e. The first-order valence-electron chi connectivity index (χ1n) is 8.89. The molecule has 0 radical (unpaired) electrons. The van der Waals surface area contributed by atoms with E-state index < -0.39 is 73.5 Å². The number of carbonyl (C=O) groups excluding carboxylic acids is 3. The first kappa shape index (κ1) is 27.6. The summed E-state index contributed by atoms with van der Waals surface area (Å²) in [5, 5.41) is 42.8. The third-order valence-corrected chi connectivity index (χ3v) is 4.50. The van der Waals surface area contributed by atoms with Crippen LogP contribution in [0.4, 0.5) is 0 Å². The summed E-state index contributed by atoms with van der Waals surface area (Å²) >= 11 is 1.37. The van der Waals surface area contributed by atoms with Crippen LogP contribution in [0.15, 0.2) is 0 Å². The van der Waals surface area contributed by atoms with E-state index >= 15 is 0 Å². The molecule has 0 aromatic heterocycles. The van der Waals surface area contributed by atoms with Gasteiger partial charge < -0.3 is 42.1 Å². The quantitative estimate of drug-likeness (QED) is 0.121. The summed E-state index contributed by atoms with van der Waals surface area (Å²) in [7, 11) is 0. The SMILES string of the molecule is CSCCC(NC(=O)C(CO)NC(=O)C(CCC(=O)O)NC(=O)C(N)CO)C(=O)O. The number of carboxylic acid groups (broad SMARTS) is 2. The van der Waals surface area contributed by atoms with Gasteiger partial charge in [0.15, 0.2) is 0 Å². The van der Waals surface area contributed by atoms with Crippen LogP contribution in [-0.2, 0) is 24.0 Å². The van der Waals surface area contributed by atoms with Gasteiger partial charge in [-0.05, 0) is 24.9 Å². The van der Waals surface area contributed by atoms with Crippen molar-refractivity contribution in [2.75, 3.05) is 25.2 Å². The Kier molecular flexibility index (Phi) is 13.4. The molecule has 172 valence electrons. The lowest BCUT2D eigenvalue weighted by molar-refractivity contribution is -0.142. The monoisotopic (exact) mass is 452 g/mol. The van der Waals surface area contributed by atoms with E-state index in [1.54, 1.807) is 6.26 Å². The van der Waals surface area contributed by atoms with Crippen molar-refractivity contribution in [1.29, 1.82) is 0 Å². The first-order chi connectivity index (χ1) is 14.1. The van der Waals surface area contributed by atoms with Crippen molar-refractivity contribution in [3.63, 3.8) is 0 Å². The topological polar surface area (TPSA) is 228 Å². The fourth-order valence-electron chi connectivity index (χ4n) is 2.13. The van der Waals surface area contributed by atoms with E-state index in [1.165, 1.54) is 11.8 Å². The molecule has 0 aromatic carbocycles. The lowest BCUT2D eigenvalue weighted by atomic mass is 10.1. The van der Waals surface area contributed by atoms with Crippen LogP contribution < -0.4 is 21.7 Å². The molecule has 0 aliphatic rings. The van der Waals surface area contributed by atoms with Gasteiger partial charge in [0, 0.05) is 6.42 Å². The smallest absolute Gasteiger partial charge is 0.326 e. The Labute approximate surface area is 176 Å². The molecule has 0 spiro atoms. The molecule has 0 heterocycles. The molecule has 0 saturated heterocycles. The first-order valence-corrected chi connectivity index (χ1v) is 10.3. The maximum absolute atomic E-state index is 12.4. The van der Waals surface area contributed by atoms with E-state index in [9.17, 15) is 29.1 Å². The average molecular weight is 452 g/mol. The van der Waals surface area contributed by atoms with E-state index in [0.29, 0.717) is 5.75 Å². The van der Waals surface area contributed by atoms with E-state index in [-0.39, 0.29) is 12.8 Å². The van der Waals surface area contributed by atoms with Crippen LogP contribution in [0.5, 0.6) is 0 Å². The van der Waals surface area contributed by atoms with Crippen molar-refractivity contribution in [1.82, 2.24) is 16.0 Å². The van der Waals surface area contributed by atoms with Crippen LogP contribution in [0.3, 0.4) is 0 Å². The molecule has 0 saturated carbocycles. The summed E-state index contributed by atoms with van der Waals surface area (Å²) in [6, 6.07) is -5.54. The standard InChI is InChI=1S/C16H28N4O9S/c1-30-5-4-10(16(28)29)19-15(27)11(7-22)20-14(26)9(2-3-12(23)24)18-13(25)8(17)6-21/h8-11,21-22H,2-7,17H2,1H3,(H,18,25)(H,19,27)(H,20,26)(H,23,24)(H,28,29). The van der Waals surface area contributed by atoms with Gasteiger partial charge in [0.25, 0.3) is 0 Å². The van der Waals surface area contributed by atoms with Crippen LogP contribution in [0.25, 0.3) is 0 Å². The second kappa shape index (κ2) is 14.5. The fourth-order valence-corrected chi connectivity index (χ4v) is 2.60. The third-order valence-electron chi connectivity index (χ3n) is 3.85. The Bertz CT molecular complexity index is 620. The van der Waals surface area contributed by atoms with Crippen LogP contribution in [0.1, 0.15) is 19.3 Å². The van der Waals surface area contributed by atoms with Crippen LogP contribution in [0.2, 0.25) is 0 Å². The molecule has 4 atom stereocenters. The highest BCUT2D eigenvalue weighted by molar-refractivity contribution is 7.98. The number of hydrogen-bond acceptors (Lipinski definition) is 9. The zero-order chi connectivity index (χ0) is 23.3. The number of thioether (sulfide) groups is 1. The van der Waals surface area contributed by atoms with Crippen LogP contribution in [0, 0.1) is 0 Å². The Hall–Kier alpha value is -2.42. The Balaban J connectivity index is 5.19. The number of hydrogen-bond donors (Lipinski definition) is 8. The van der Waals surface area contributed by atoms with Crippen molar-refractivity contribution in [2.24, 2.45) is 5.73 Å². The molecule has 13 nitrogen and oxygen atoms in total. The van der Waals surface area contributed by atoms with Gasteiger partial charge in [-0.1, -0.05) is 0 Å². The molecule has 0 aliphatic carbocycles. The maximum Gasteiger partial charge on any atom is 0.326 e. The molecular formula is C16H28N4O9S. The van der Waals surface area contributed by atoms with Gasteiger partial charge in [-0.15, -0.1) is 0 Å². The maximum atomic E-state index is 12.4. The molecule has 0 fully saturated rings. The van der Waals surface area contributed by atoms with E-state index in [4.69, 9.17) is 21.1 Å². The number of amides is 3. The highest BCUT2D eigenvalue weighted by Crippen LogP contribution is 2.03. The van der Waals surface area contributed by atoms with E-state index in [0.717, 1.165) is 0 Å². The zero-order valence-electron chi connectivity index (χ0n) is 16.4. The highest BCUT2D eigenvalue weighted by Gasteiger charge is 2.30. The summed E-state index contributed by atoms with van der Waals surface area (Å²) in [5.41, 5.74) is 5.35. The Morgan fingerprint density at radius 2 is 1.37 bits per heavy atom. The number of aliphatic hydroxyl groups is 2. The normalized spacial score (nSPS) is 14.7. The molecule has 4 unspecified atom stereocenters. The van der Waals surface area contributed by atoms with Crippen LogP contribution >= 0.6 is 11.8 Å². The van der Waals surface area contributed by atoms with Gasteiger partial charge in [-0.25, -0.2) is 4.79 Å². The minimum atomic E-state index is -1.54. The zero-order valence-corrected chi connectivity index (χ0v) is 17.2. The summed E-state index contributed by atoms with van der Waals surface area (Å²) in [4.78, 5) is 58.5. The number of aliphatic carboxylic acids is 2. The summed E-state index contributed by atoms with van der Waals surface area (Å²) in [5.74, 6) is -4.96. The number of carbonyl (C=O) groups is 5. The van der Waals surface area contributed by atoms with Gasteiger partial charge >= 0.3 is 11.9 Å². The second-order valence-corrected chi connectivity index (χ2v) is 7.19. The van der Waals surface area contributed by atoms with Gasteiger partial charge in [0.1, 0.15) is 24.2 Å². The largest absolute Gasteiger partial charge is 0.481 e. The summed E-state index contributed by atoms with van der Waals surface area (Å²) in [6.45, 7) is -1.59. The molecule has 0 aromatic rings. The molecule has 0 aliphatic heterocycles. The number of rotatable bonds is 15. The Morgan fingerprint density at radius 3 is 1.83 bits per heavy atom. The highest BCUT2D eigenvalue weighted by atomic mass is 32.2. The predicted molar refractivity (Wildman–Crippen MR) is 105 cm³/mol. The van der Waals surface area contributed by atoms with Gasteiger partial charge in [0.05, 0.1) is 13.2 Å². The molecule has 0 rings (SSSR count). The summed E-state index contributed by atoms with van der Waals surface area (Å²) in [6.07, 6.45) is 1.02. The minimum absolute atomic E-state index is 0.116.